The van der Waals surface area contributed by atoms with E-state index in [1.54, 1.807) is 0 Å². The predicted octanol–water partition coefficient (Wildman–Crippen LogP) is 3.04. The lowest BCUT2D eigenvalue weighted by molar-refractivity contribution is -0.137. The molecule has 0 aromatic heterocycles. The first kappa shape index (κ1) is 17.6. The molecule has 1 aliphatic carbocycles. The van der Waals surface area contributed by atoms with E-state index < -0.39 is 21.6 Å². The van der Waals surface area contributed by atoms with Crippen LogP contribution in [0.25, 0.3) is 0 Å². The summed E-state index contributed by atoms with van der Waals surface area (Å²) in [5, 5.41) is 8.91. The Morgan fingerprint density at radius 1 is 1.39 bits per heavy atom. The van der Waals surface area contributed by atoms with Crippen molar-refractivity contribution in [1.82, 2.24) is 0 Å². The number of carbonyl (C=O) groups is 1. The van der Waals surface area contributed by atoms with E-state index in [2.05, 4.69) is 4.18 Å². The van der Waals surface area contributed by atoms with Crippen LogP contribution in [-0.4, -0.2) is 25.0 Å². The van der Waals surface area contributed by atoms with Crippen LogP contribution in [-0.2, 0) is 21.3 Å². The Labute approximate surface area is 131 Å². The van der Waals surface area contributed by atoms with Crippen LogP contribution >= 0.6 is 0 Å². The average molecular weight is 352 g/mol. The molecule has 0 spiro atoms. The summed E-state index contributed by atoms with van der Waals surface area (Å²) < 4.78 is 64.2. The highest BCUT2D eigenvalue weighted by molar-refractivity contribution is 7.88. The number of aryl methyl sites for hydroxylation is 1. The van der Waals surface area contributed by atoms with E-state index in [-0.39, 0.29) is 23.7 Å². The topological polar surface area (TPSA) is 80.7 Å². The van der Waals surface area contributed by atoms with E-state index in [0.29, 0.717) is 24.0 Å². The molecule has 1 aromatic rings. The quantitative estimate of drug-likeness (QED) is 0.665. The first-order valence-corrected chi connectivity index (χ1v) is 8.20. The number of aliphatic carboxylic acids is 1. The monoisotopic (exact) mass is 352 g/mol. The molecule has 128 valence electrons. The maximum atomic E-state index is 12.5. The minimum atomic E-state index is -5.74. The lowest BCUT2D eigenvalue weighted by Crippen LogP contribution is -2.28. The number of alkyl halides is 3. The second kappa shape index (κ2) is 5.70. The smallest absolute Gasteiger partial charge is 0.481 e. The Bertz CT molecular complexity index is 753. The first-order chi connectivity index (χ1) is 10.4. The number of carboxylic acids is 1. The Balaban J connectivity index is 2.45. The van der Waals surface area contributed by atoms with Crippen molar-refractivity contribution < 1.29 is 35.7 Å². The van der Waals surface area contributed by atoms with Crippen molar-refractivity contribution in [2.24, 2.45) is 0 Å². The van der Waals surface area contributed by atoms with Gasteiger partial charge in [0.1, 0.15) is 5.75 Å². The van der Waals surface area contributed by atoms with Gasteiger partial charge in [-0.1, -0.05) is 6.07 Å². The van der Waals surface area contributed by atoms with Gasteiger partial charge in [0.2, 0.25) is 0 Å². The highest BCUT2D eigenvalue weighted by Gasteiger charge is 2.49. The molecule has 1 aliphatic rings. The fourth-order valence-corrected chi connectivity index (χ4v) is 3.48. The van der Waals surface area contributed by atoms with Crippen LogP contribution in [0.2, 0.25) is 0 Å². The van der Waals surface area contributed by atoms with Crippen molar-refractivity contribution in [3.05, 3.63) is 28.3 Å². The molecule has 9 heteroatoms. The molecule has 0 fully saturated rings. The molecule has 0 aliphatic heterocycles. The summed E-state index contributed by atoms with van der Waals surface area (Å²) in [7, 11) is -5.74. The van der Waals surface area contributed by atoms with E-state index in [4.69, 9.17) is 5.11 Å². The van der Waals surface area contributed by atoms with E-state index in [1.807, 2.05) is 0 Å². The molecule has 5 nitrogen and oxygen atoms in total. The summed E-state index contributed by atoms with van der Waals surface area (Å²) in [5.74, 6) is -1.52. The van der Waals surface area contributed by atoms with Gasteiger partial charge >= 0.3 is 21.6 Å². The largest absolute Gasteiger partial charge is 0.534 e. The normalized spacial score (nSPS) is 17.9. The summed E-state index contributed by atoms with van der Waals surface area (Å²) in [5.41, 5.74) is -3.57. The molecule has 0 heterocycles. The third-order valence-electron chi connectivity index (χ3n) is 3.95. The van der Waals surface area contributed by atoms with Gasteiger partial charge in [-0.05, 0) is 54.9 Å². The van der Waals surface area contributed by atoms with Gasteiger partial charge in [-0.15, -0.1) is 0 Å². The van der Waals surface area contributed by atoms with Crippen molar-refractivity contribution in [3.63, 3.8) is 0 Å². The molecule has 0 saturated heterocycles. The highest BCUT2D eigenvalue weighted by atomic mass is 32.2. The molecule has 1 unspecified atom stereocenters. The SMILES string of the molecule is Cc1cc2c(c(C)c1OS(=O)(=O)C(F)(F)F)CCC2CC(=O)O. The molecule has 1 N–H and O–H groups in total. The number of fused-ring (bicyclic) bond motifs is 1. The zero-order chi connectivity index (χ0) is 17.6. The summed E-state index contributed by atoms with van der Waals surface area (Å²) in [4.78, 5) is 10.9. The van der Waals surface area contributed by atoms with Crippen molar-refractivity contribution in [3.8, 4) is 5.75 Å². The van der Waals surface area contributed by atoms with Crippen LogP contribution in [0.5, 0.6) is 5.75 Å². The first-order valence-electron chi connectivity index (χ1n) is 6.79. The van der Waals surface area contributed by atoms with E-state index in [0.717, 1.165) is 5.56 Å². The number of hydrogen-bond donors (Lipinski definition) is 1. The molecular formula is C14H15F3O5S. The van der Waals surface area contributed by atoms with Crippen molar-refractivity contribution in [2.75, 3.05) is 0 Å². The van der Waals surface area contributed by atoms with Crippen molar-refractivity contribution in [2.45, 2.75) is 44.5 Å². The Morgan fingerprint density at radius 3 is 2.52 bits per heavy atom. The highest BCUT2D eigenvalue weighted by Crippen LogP contribution is 2.42. The molecule has 1 atom stereocenters. The lowest BCUT2D eigenvalue weighted by Gasteiger charge is -2.17. The molecule has 0 saturated carbocycles. The van der Waals surface area contributed by atoms with Gasteiger partial charge in [0, 0.05) is 0 Å². The molecule has 23 heavy (non-hydrogen) atoms. The molecule has 0 radical (unpaired) electrons. The van der Waals surface area contributed by atoms with Gasteiger partial charge in [-0.25, -0.2) is 0 Å². The van der Waals surface area contributed by atoms with Gasteiger partial charge in [0.25, 0.3) is 0 Å². The maximum absolute atomic E-state index is 12.5. The zero-order valence-electron chi connectivity index (χ0n) is 12.4. The summed E-state index contributed by atoms with van der Waals surface area (Å²) in [6.07, 6.45) is 0.951. The summed E-state index contributed by atoms with van der Waals surface area (Å²) >= 11 is 0. The Kier molecular flexibility index (Phi) is 4.36. The van der Waals surface area contributed by atoms with Gasteiger partial charge in [0.15, 0.2) is 0 Å². The van der Waals surface area contributed by atoms with Crippen LogP contribution in [0.3, 0.4) is 0 Å². The number of carboxylic acid groups (broad SMARTS) is 1. The van der Waals surface area contributed by atoms with Crippen LogP contribution in [0.4, 0.5) is 13.2 Å². The molecule has 2 rings (SSSR count). The third kappa shape index (κ3) is 3.29. The predicted molar refractivity (Wildman–Crippen MR) is 74.8 cm³/mol. The second-order valence-corrected chi connectivity index (χ2v) is 7.07. The van der Waals surface area contributed by atoms with E-state index in [9.17, 15) is 26.4 Å². The van der Waals surface area contributed by atoms with E-state index in [1.165, 1.54) is 19.9 Å². The van der Waals surface area contributed by atoms with Gasteiger partial charge in [0.05, 0.1) is 6.42 Å². The number of benzene rings is 1. The van der Waals surface area contributed by atoms with Crippen LogP contribution in [0.1, 0.15) is 41.0 Å². The minimum Gasteiger partial charge on any atom is -0.481 e. The van der Waals surface area contributed by atoms with Gasteiger partial charge in [-0.3, -0.25) is 4.79 Å². The molecular weight excluding hydrogens is 337 g/mol. The van der Waals surface area contributed by atoms with Gasteiger partial charge < -0.3 is 9.29 Å². The fourth-order valence-electron chi connectivity index (χ4n) is 2.91. The lowest BCUT2D eigenvalue weighted by atomic mass is 9.94. The van der Waals surface area contributed by atoms with E-state index >= 15 is 0 Å². The number of hydrogen-bond acceptors (Lipinski definition) is 4. The van der Waals surface area contributed by atoms with Crippen LogP contribution in [0, 0.1) is 13.8 Å². The standard InChI is InChI=1S/C14H15F3O5S/c1-7-5-11-9(6-12(18)19)3-4-10(11)8(2)13(7)22-23(20,21)14(15,16)17/h5,9H,3-4,6H2,1-2H3,(H,18,19). The minimum absolute atomic E-state index is 0.0765. The van der Waals surface area contributed by atoms with Crippen molar-refractivity contribution in [1.29, 1.82) is 0 Å². The number of halogens is 3. The molecule has 0 bridgehead atoms. The molecule has 1 aromatic carbocycles. The van der Waals surface area contributed by atoms with Crippen LogP contribution < -0.4 is 4.18 Å². The summed E-state index contributed by atoms with van der Waals surface area (Å²) in [6.45, 7) is 2.92. The number of rotatable bonds is 4. The third-order valence-corrected chi connectivity index (χ3v) is 4.91. The Hall–Kier alpha value is -1.77. The fraction of sp³-hybridized carbons (Fsp3) is 0.500. The van der Waals surface area contributed by atoms with Crippen LogP contribution in [0.15, 0.2) is 6.07 Å². The second-order valence-electron chi connectivity index (χ2n) is 5.53. The Morgan fingerprint density at radius 2 is 2.00 bits per heavy atom. The average Bonchev–Trinajstić information content (AvgIpc) is 2.75. The summed E-state index contributed by atoms with van der Waals surface area (Å²) in [6, 6.07) is 1.52. The maximum Gasteiger partial charge on any atom is 0.534 e. The molecule has 0 amide bonds. The van der Waals surface area contributed by atoms with Crippen molar-refractivity contribution >= 4 is 16.1 Å². The van der Waals surface area contributed by atoms with Gasteiger partial charge in [-0.2, -0.15) is 21.6 Å². The zero-order valence-corrected chi connectivity index (χ0v) is 13.2.